The highest BCUT2D eigenvalue weighted by atomic mass is 35.5. The van der Waals surface area contributed by atoms with Gasteiger partial charge in [0.15, 0.2) is 0 Å². The molecule has 128 valence electrons. The molecule has 0 aliphatic heterocycles. The third-order valence-electron chi connectivity index (χ3n) is 3.29. The first kappa shape index (κ1) is 18.4. The Hall–Kier alpha value is -1.98. The molecule has 0 aliphatic carbocycles. The molecule has 0 saturated heterocycles. The molecule has 1 aromatic heterocycles. The van der Waals surface area contributed by atoms with Gasteiger partial charge in [-0.1, -0.05) is 35.3 Å². The lowest BCUT2D eigenvalue weighted by Crippen LogP contribution is -2.37. The van der Waals surface area contributed by atoms with Gasteiger partial charge < -0.3 is 16.0 Å². The van der Waals surface area contributed by atoms with Crippen molar-refractivity contribution in [1.29, 1.82) is 0 Å². The van der Waals surface area contributed by atoms with Crippen LogP contribution in [0.3, 0.4) is 0 Å². The van der Waals surface area contributed by atoms with E-state index in [0.29, 0.717) is 29.6 Å². The van der Waals surface area contributed by atoms with Gasteiger partial charge in [-0.3, -0.25) is 0 Å². The summed E-state index contributed by atoms with van der Waals surface area (Å²) in [4.78, 5) is 15.8. The Morgan fingerprint density at radius 3 is 2.58 bits per heavy atom. The average Bonchev–Trinajstić information content (AvgIpc) is 2.59. The van der Waals surface area contributed by atoms with Crippen molar-refractivity contribution < 1.29 is 4.79 Å². The summed E-state index contributed by atoms with van der Waals surface area (Å²) in [6, 6.07) is 11.0. The van der Waals surface area contributed by atoms with Gasteiger partial charge in [0, 0.05) is 25.8 Å². The number of nitrogens with one attached hydrogen (secondary N) is 3. The van der Waals surface area contributed by atoms with Crippen molar-refractivity contribution in [1.82, 2.24) is 15.6 Å². The van der Waals surface area contributed by atoms with Crippen LogP contribution in [0.1, 0.15) is 12.0 Å². The molecule has 24 heavy (non-hydrogen) atoms. The number of pyridine rings is 1. The fourth-order valence-electron chi connectivity index (χ4n) is 2.05. The van der Waals surface area contributed by atoms with Gasteiger partial charge >= 0.3 is 6.03 Å². The number of aromatic nitrogens is 1. The summed E-state index contributed by atoms with van der Waals surface area (Å²) in [6.07, 6.45) is 3.25. The third kappa shape index (κ3) is 6.64. The predicted molar refractivity (Wildman–Crippen MR) is 98.9 cm³/mol. The van der Waals surface area contributed by atoms with Crippen molar-refractivity contribution in [3.8, 4) is 0 Å². The lowest BCUT2D eigenvalue weighted by atomic mass is 10.1. The Labute approximate surface area is 151 Å². The molecule has 0 aliphatic rings. The number of nitrogens with zero attached hydrogens (tertiary/aromatic N) is 1. The first-order valence-corrected chi connectivity index (χ1v) is 8.51. The van der Waals surface area contributed by atoms with E-state index in [1.54, 1.807) is 12.3 Å². The lowest BCUT2D eigenvalue weighted by Gasteiger charge is -2.09. The van der Waals surface area contributed by atoms with E-state index >= 15 is 0 Å². The molecule has 0 fully saturated rings. The molecule has 3 N–H and O–H groups in total. The summed E-state index contributed by atoms with van der Waals surface area (Å²) in [5, 5.41) is 9.88. The molecule has 0 spiro atoms. The number of carbonyl (C=O) groups is 1. The minimum Gasteiger partial charge on any atom is -0.370 e. The molecular weight excluding hydrogens is 347 g/mol. The summed E-state index contributed by atoms with van der Waals surface area (Å²) >= 11 is 11.8. The number of benzene rings is 1. The Morgan fingerprint density at radius 2 is 1.83 bits per heavy atom. The van der Waals surface area contributed by atoms with Gasteiger partial charge in [-0.05, 0) is 42.7 Å². The fourth-order valence-corrected chi connectivity index (χ4v) is 2.37. The van der Waals surface area contributed by atoms with Crippen LogP contribution in [0.25, 0.3) is 0 Å². The minimum atomic E-state index is -0.173. The molecule has 2 amide bonds. The SMILES string of the molecule is O=C(NCCCNc1ccccn1)NCCc1ccc(Cl)c(Cl)c1. The molecule has 7 heteroatoms. The zero-order valence-corrected chi connectivity index (χ0v) is 14.7. The maximum Gasteiger partial charge on any atom is 0.314 e. The smallest absolute Gasteiger partial charge is 0.314 e. The molecule has 0 unspecified atom stereocenters. The first-order chi connectivity index (χ1) is 11.6. The summed E-state index contributed by atoms with van der Waals surface area (Å²) in [6.45, 7) is 1.88. The van der Waals surface area contributed by atoms with E-state index < -0.39 is 0 Å². The quantitative estimate of drug-likeness (QED) is 0.623. The second-order valence-electron chi connectivity index (χ2n) is 5.18. The number of rotatable bonds is 8. The van der Waals surface area contributed by atoms with E-state index in [-0.39, 0.29) is 6.03 Å². The van der Waals surface area contributed by atoms with E-state index in [0.717, 1.165) is 24.3 Å². The monoisotopic (exact) mass is 366 g/mol. The second-order valence-corrected chi connectivity index (χ2v) is 5.99. The van der Waals surface area contributed by atoms with Crippen LogP contribution in [-0.4, -0.2) is 30.6 Å². The molecule has 0 atom stereocenters. The number of halogens is 2. The first-order valence-electron chi connectivity index (χ1n) is 7.75. The summed E-state index contributed by atoms with van der Waals surface area (Å²) in [5.74, 6) is 0.837. The maximum atomic E-state index is 11.7. The zero-order chi connectivity index (χ0) is 17.2. The number of anilines is 1. The van der Waals surface area contributed by atoms with Crippen molar-refractivity contribution in [3.63, 3.8) is 0 Å². The van der Waals surface area contributed by atoms with Gasteiger partial charge in [-0.2, -0.15) is 0 Å². The summed E-state index contributed by atoms with van der Waals surface area (Å²) in [7, 11) is 0. The van der Waals surface area contributed by atoms with E-state index in [1.165, 1.54) is 0 Å². The van der Waals surface area contributed by atoms with Crippen LogP contribution in [0, 0.1) is 0 Å². The number of hydrogen-bond acceptors (Lipinski definition) is 3. The highest BCUT2D eigenvalue weighted by Gasteiger charge is 2.02. The van der Waals surface area contributed by atoms with Gasteiger partial charge in [0.05, 0.1) is 10.0 Å². The lowest BCUT2D eigenvalue weighted by molar-refractivity contribution is 0.241. The summed E-state index contributed by atoms with van der Waals surface area (Å²) in [5.41, 5.74) is 1.03. The van der Waals surface area contributed by atoms with Crippen LogP contribution >= 0.6 is 23.2 Å². The summed E-state index contributed by atoms with van der Waals surface area (Å²) < 4.78 is 0. The largest absolute Gasteiger partial charge is 0.370 e. The molecular formula is C17H20Cl2N4O. The van der Waals surface area contributed by atoms with Crippen molar-refractivity contribution in [2.45, 2.75) is 12.8 Å². The Bertz CT molecular complexity index is 652. The Kier molecular flexibility index (Phi) is 7.65. The number of hydrogen-bond donors (Lipinski definition) is 3. The van der Waals surface area contributed by atoms with Gasteiger partial charge in [0.2, 0.25) is 0 Å². The fraction of sp³-hybridized carbons (Fsp3) is 0.294. The highest BCUT2D eigenvalue weighted by molar-refractivity contribution is 6.42. The maximum absolute atomic E-state index is 11.7. The van der Waals surface area contributed by atoms with Crippen LogP contribution in [0.5, 0.6) is 0 Å². The molecule has 0 bridgehead atoms. The van der Waals surface area contributed by atoms with E-state index in [1.807, 2.05) is 30.3 Å². The van der Waals surface area contributed by atoms with Crippen molar-refractivity contribution in [3.05, 3.63) is 58.2 Å². The van der Waals surface area contributed by atoms with Gasteiger partial charge in [-0.15, -0.1) is 0 Å². The van der Waals surface area contributed by atoms with Crippen LogP contribution in [0.4, 0.5) is 10.6 Å². The normalized spacial score (nSPS) is 10.2. The number of urea groups is 1. The molecule has 0 radical (unpaired) electrons. The van der Waals surface area contributed by atoms with Gasteiger partial charge in [-0.25, -0.2) is 9.78 Å². The molecule has 2 aromatic rings. The molecule has 2 rings (SSSR count). The van der Waals surface area contributed by atoms with Gasteiger partial charge in [0.1, 0.15) is 5.82 Å². The van der Waals surface area contributed by atoms with Crippen LogP contribution in [0.15, 0.2) is 42.6 Å². The van der Waals surface area contributed by atoms with E-state index in [4.69, 9.17) is 23.2 Å². The van der Waals surface area contributed by atoms with Crippen LogP contribution in [0.2, 0.25) is 10.0 Å². The molecule has 1 heterocycles. The second kappa shape index (κ2) is 10.0. The number of amides is 2. The Morgan fingerprint density at radius 1 is 1.00 bits per heavy atom. The predicted octanol–water partition coefficient (Wildman–Crippen LogP) is 3.73. The van der Waals surface area contributed by atoms with Crippen molar-refractivity contribution in [2.24, 2.45) is 0 Å². The zero-order valence-electron chi connectivity index (χ0n) is 13.2. The average molecular weight is 367 g/mol. The number of carbonyl (C=O) groups excluding carboxylic acids is 1. The van der Waals surface area contributed by atoms with Crippen molar-refractivity contribution >= 4 is 35.1 Å². The highest BCUT2D eigenvalue weighted by Crippen LogP contribution is 2.22. The molecule has 1 aromatic carbocycles. The van der Waals surface area contributed by atoms with Crippen LogP contribution < -0.4 is 16.0 Å². The Balaban J connectivity index is 1.54. The molecule has 5 nitrogen and oxygen atoms in total. The van der Waals surface area contributed by atoms with E-state index in [9.17, 15) is 4.79 Å². The standard InChI is InChI=1S/C17H20Cl2N4O/c18-14-6-5-13(12-15(14)19)7-11-23-17(24)22-10-3-9-21-16-4-1-2-8-20-16/h1-2,4-6,8,12H,3,7,9-11H2,(H,20,21)(H2,22,23,24). The minimum absolute atomic E-state index is 0.173. The molecule has 0 saturated carbocycles. The van der Waals surface area contributed by atoms with Crippen LogP contribution in [-0.2, 0) is 6.42 Å². The van der Waals surface area contributed by atoms with Gasteiger partial charge in [0.25, 0.3) is 0 Å². The van der Waals surface area contributed by atoms with E-state index in [2.05, 4.69) is 20.9 Å². The topological polar surface area (TPSA) is 66.0 Å². The van der Waals surface area contributed by atoms with Crippen molar-refractivity contribution in [2.75, 3.05) is 25.0 Å². The third-order valence-corrected chi connectivity index (χ3v) is 4.03.